The quantitative estimate of drug-likeness (QED) is 0.358. The van der Waals surface area contributed by atoms with Crippen molar-refractivity contribution < 1.29 is 32.5 Å². The van der Waals surface area contributed by atoms with E-state index in [-0.39, 0.29) is 40.5 Å². The first-order valence-corrected chi connectivity index (χ1v) is 13.3. The van der Waals surface area contributed by atoms with Gasteiger partial charge in [-0.15, -0.1) is 0 Å². The summed E-state index contributed by atoms with van der Waals surface area (Å²) in [5.41, 5.74) is -0.264. The molecule has 12 heteroatoms. The Balaban J connectivity index is 1.61. The molecule has 1 unspecified atom stereocenters. The highest BCUT2D eigenvalue weighted by Crippen LogP contribution is 2.40. The second kappa shape index (κ2) is 11.5. The van der Waals surface area contributed by atoms with E-state index in [1.54, 1.807) is 19.4 Å². The molecule has 0 bridgehead atoms. The largest absolute Gasteiger partial charge is 0.494 e. The number of benzene rings is 1. The Morgan fingerprint density at radius 3 is 2.56 bits per heavy atom. The van der Waals surface area contributed by atoms with Gasteiger partial charge in [-0.05, 0) is 25.5 Å². The Morgan fingerprint density at radius 1 is 1.20 bits per heavy atom. The maximum Gasteiger partial charge on any atom is 0.223 e. The summed E-state index contributed by atoms with van der Waals surface area (Å²) in [6, 6.07) is 2.52. The fourth-order valence-electron chi connectivity index (χ4n) is 5.30. The molecule has 10 nitrogen and oxygen atoms in total. The van der Waals surface area contributed by atoms with Crippen molar-refractivity contribution in [3.8, 4) is 22.8 Å². The van der Waals surface area contributed by atoms with Crippen LogP contribution < -0.4 is 19.7 Å². The van der Waals surface area contributed by atoms with Gasteiger partial charge in [0, 0.05) is 50.2 Å². The lowest BCUT2D eigenvalue weighted by Crippen LogP contribution is -2.32. The number of hydrogen-bond donors (Lipinski definition) is 1. The first kappa shape index (κ1) is 28.6. The summed E-state index contributed by atoms with van der Waals surface area (Å²) in [6.45, 7) is 7.47. The molecule has 0 amide bonds. The molecule has 0 spiro atoms. The molecular weight excluding hydrogens is 536 g/mol. The van der Waals surface area contributed by atoms with E-state index in [1.165, 1.54) is 20.3 Å². The van der Waals surface area contributed by atoms with Crippen molar-refractivity contribution >= 4 is 28.5 Å². The standard InChI is InChI=1S/C29H33F2N5O5/c1-6-18(37)9-17-13-41-14-20(17)34-28-32-12-16-10-19(23-24(30)21(38-3)11-22(39-4)25(23)31)33-27(26(16)35-28)36-8-7-29(2,15-36)40-5/h6,10-12,17,20H,1,7-9,13-15H2,2-5H3,(H,32,34,35)/t17-,20+,29?/m0/s1. The van der Waals surface area contributed by atoms with Crippen molar-refractivity contribution in [2.45, 2.75) is 31.4 Å². The fourth-order valence-corrected chi connectivity index (χ4v) is 5.30. The van der Waals surface area contributed by atoms with Gasteiger partial charge in [-0.3, -0.25) is 4.79 Å². The molecule has 1 N–H and O–H groups in total. The molecule has 0 aliphatic carbocycles. The predicted octanol–water partition coefficient (Wildman–Crippen LogP) is 4.17. The molecule has 218 valence electrons. The predicted molar refractivity (Wildman–Crippen MR) is 150 cm³/mol. The van der Waals surface area contributed by atoms with Crippen LogP contribution in [0.1, 0.15) is 19.8 Å². The Bertz CT molecular complexity index is 1460. The Kier molecular flexibility index (Phi) is 8.05. The minimum Gasteiger partial charge on any atom is -0.494 e. The van der Waals surface area contributed by atoms with Crippen molar-refractivity contribution in [2.75, 3.05) is 57.8 Å². The number of ether oxygens (including phenoxy) is 4. The molecule has 0 saturated carbocycles. The van der Waals surface area contributed by atoms with Gasteiger partial charge in [0.15, 0.2) is 34.7 Å². The Morgan fingerprint density at radius 2 is 1.93 bits per heavy atom. The van der Waals surface area contributed by atoms with Gasteiger partial charge in [-0.2, -0.15) is 0 Å². The molecule has 0 radical (unpaired) electrons. The monoisotopic (exact) mass is 569 g/mol. The molecule has 2 saturated heterocycles. The number of pyridine rings is 1. The van der Waals surface area contributed by atoms with E-state index < -0.39 is 17.2 Å². The molecule has 2 fully saturated rings. The number of nitrogens with one attached hydrogen (secondary N) is 1. The molecular formula is C29H33F2N5O5. The van der Waals surface area contributed by atoms with Crippen molar-refractivity contribution in [3.63, 3.8) is 0 Å². The van der Waals surface area contributed by atoms with Crippen LogP contribution in [0.4, 0.5) is 20.5 Å². The summed E-state index contributed by atoms with van der Waals surface area (Å²) >= 11 is 0. The summed E-state index contributed by atoms with van der Waals surface area (Å²) < 4.78 is 52.6. The maximum absolute atomic E-state index is 15.5. The summed E-state index contributed by atoms with van der Waals surface area (Å²) in [4.78, 5) is 27.9. The van der Waals surface area contributed by atoms with Crippen LogP contribution in [0.15, 0.2) is 31.0 Å². The lowest BCUT2D eigenvalue weighted by molar-refractivity contribution is -0.115. The van der Waals surface area contributed by atoms with Crippen molar-refractivity contribution in [1.82, 2.24) is 15.0 Å². The number of nitrogens with zero attached hydrogens (tertiary/aromatic N) is 4. The lowest BCUT2D eigenvalue weighted by atomic mass is 9.97. The van der Waals surface area contributed by atoms with Gasteiger partial charge in [0.25, 0.3) is 0 Å². The minimum absolute atomic E-state index is 0.0437. The van der Waals surface area contributed by atoms with E-state index in [0.717, 1.165) is 12.5 Å². The van der Waals surface area contributed by atoms with Crippen molar-refractivity contribution in [2.24, 2.45) is 5.92 Å². The average molecular weight is 570 g/mol. The van der Waals surface area contributed by atoms with Crippen molar-refractivity contribution in [1.29, 1.82) is 0 Å². The smallest absolute Gasteiger partial charge is 0.223 e. The first-order valence-electron chi connectivity index (χ1n) is 13.3. The second-order valence-electron chi connectivity index (χ2n) is 10.5. The van der Waals surface area contributed by atoms with Gasteiger partial charge in [-0.1, -0.05) is 6.58 Å². The third kappa shape index (κ3) is 5.53. The third-order valence-electron chi connectivity index (χ3n) is 7.81. The van der Waals surface area contributed by atoms with Gasteiger partial charge < -0.3 is 29.2 Å². The second-order valence-corrected chi connectivity index (χ2v) is 10.5. The summed E-state index contributed by atoms with van der Waals surface area (Å²) in [5, 5.41) is 3.83. The molecule has 3 atom stereocenters. The SMILES string of the molecule is C=CC(=O)C[C@H]1COC[C@H]1Nc1ncc2cc(-c3c(F)c(OC)cc(OC)c3F)nc(N3CCC(C)(OC)C3)c2n1. The van der Waals surface area contributed by atoms with Crippen LogP contribution in [0.25, 0.3) is 22.2 Å². The van der Waals surface area contributed by atoms with E-state index in [9.17, 15) is 4.79 Å². The number of carbonyl (C=O) groups is 1. The zero-order valence-electron chi connectivity index (χ0n) is 23.5. The van der Waals surface area contributed by atoms with Crippen LogP contribution in [-0.2, 0) is 14.3 Å². The van der Waals surface area contributed by atoms with Gasteiger partial charge in [-0.25, -0.2) is 23.7 Å². The number of allylic oxidation sites excluding steroid dienone is 1. The molecule has 1 aromatic carbocycles. The highest BCUT2D eigenvalue weighted by Gasteiger charge is 2.36. The number of ketones is 1. The van der Waals surface area contributed by atoms with Crippen LogP contribution in [0, 0.1) is 17.6 Å². The van der Waals surface area contributed by atoms with Crippen LogP contribution in [-0.4, -0.2) is 80.0 Å². The normalized spacial score (nSPS) is 22.2. The molecule has 2 aliphatic heterocycles. The number of rotatable bonds is 10. The summed E-state index contributed by atoms with van der Waals surface area (Å²) in [5.74, 6) is -1.49. The molecule has 2 aromatic heterocycles. The Hall–Kier alpha value is -3.90. The minimum atomic E-state index is -0.896. The number of fused-ring (bicyclic) bond motifs is 1. The van der Waals surface area contributed by atoms with E-state index in [1.807, 2.05) is 11.8 Å². The molecule has 2 aliphatic rings. The maximum atomic E-state index is 15.5. The van der Waals surface area contributed by atoms with Crippen LogP contribution in [0.5, 0.6) is 11.5 Å². The number of anilines is 2. The first-order chi connectivity index (χ1) is 19.7. The van der Waals surface area contributed by atoms with E-state index in [0.29, 0.717) is 55.4 Å². The highest BCUT2D eigenvalue weighted by atomic mass is 19.1. The van der Waals surface area contributed by atoms with Gasteiger partial charge >= 0.3 is 0 Å². The number of aromatic nitrogens is 3. The molecule has 4 heterocycles. The van der Waals surface area contributed by atoms with E-state index in [2.05, 4.69) is 16.9 Å². The zero-order valence-corrected chi connectivity index (χ0v) is 23.5. The van der Waals surface area contributed by atoms with Crippen LogP contribution in [0.3, 0.4) is 0 Å². The molecule has 3 aromatic rings. The Labute approximate surface area is 236 Å². The number of methoxy groups -OCH3 is 3. The lowest BCUT2D eigenvalue weighted by Gasteiger charge is -2.25. The van der Waals surface area contributed by atoms with E-state index >= 15 is 8.78 Å². The third-order valence-corrected chi connectivity index (χ3v) is 7.81. The number of halogens is 2. The van der Waals surface area contributed by atoms with Gasteiger partial charge in [0.1, 0.15) is 5.52 Å². The number of hydrogen-bond acceptors (Lipinski definition) is 10. The van der Waals surface area contributed by atoms with Crippen molar-refractivity contribution in [3.05, 3.63) is 42.6 Å². The summed E-state index contributed by atoms with van der Waals surface area (Å²) in [6.07, 6.45) is 3.92. The molecule has 5 rings (SSSR count). The van der Waals surface area contributed by atoms with Gasteiger partial charge in [0.05, 0.1) is 50.3 Å². The topological polar surface area (TPSA) is 108 Å². The van der Waals surface area contributed by atoms with Gasteiger partial charge in [0.2, 0.25) is 5.95 Å². The fraction of sp³-hybridized carbons (Fsp3) is 0.448. The highest BCUT2D eigenvalue weighted by molar-refractivity contribution is 5.92. The van der Waals surface area contributed by atoms with E-state index in [4.69, 9.17) is 28.9 Å². The summed E-state index contributed by atoms with van der Waals surface area (Å²) in [7, 11) is 4.24. The zero-order chi connectivity index (χ0) is 29.3. The van der Waals surface area contributed by atoms with Crippen LogP contribution in [0.2, 0.25) is 0 Å². The number of carbonyl (C=O) groups excluding carboxylic acids is 1. The average Bonchev–Trinajstić information content (AvgIpc) is 3.59. The molecule has 41 heavy (non-hydrogen) atoms. The van der Waals surface area contributed by atoms with Crippen LogP contribution >= 0.6 is 0 Å².